The number of aliphatic hydroxyl groups excluding tert-OH is 1. The lowest BCUT2D eigenvalue weighted by Crippen LogP contribution is -2.45. The Kier molecular flexibility index (Phi) is 35.7. The summed E-state index contributed by atoms with van der Waals surface area (Å²) >= 11 is 0. The predicted molar refractivity (Wildman–Crippen MR) is 233 cm³/mol. The van der Waals surface area contributed by atoms with Gasteiger partial charge in [-0.25, -0.2) is 0 Å². The van der Waals surface area contributed by atoms with Gasteiger partial charge in [-0.1, -0.05) is 157 Å². The van der Waals surface area contributed by atoms with Crippen molar-refractivity contribution in [3.8, 4) is 0 Å². The molecule has 0 aromatic heterocycles. The molecule has 1 amide bonds. The predicted octanol–water partition coefficient (Wildman–Crippen LogP) is 11.2. The number of carbonyl (C=O) groups is 1. The third-order valence-corrected chi connectivity index (χ3v) is 9.83. The number of allylic oxidation sites excluding steroid dienone is 13. The number of amides is 1. The van der Waals surface area contributed by atoms with Crippen molar-refractivity contribution >= 4 is 13.7 Å². The molecule has 0 rings (SSSR count). The Morgan fingerprint density at radius 3 is 1.62 bits per heavy atom. The number of hydrogen-bond acceptors (Lipinski definition) is 6. The lowest BCUT2D eigenvalue weighted by atomic mass is 10.1. The van der Waals surface area contributed by atoms with Crippen LogP contribution in [0.5, 0.6) is 0 Å². The molecule has 2 N–H and O–H groups in total. The molecule has 0 aliphatic rings. The van der Waals surface area contributed by atoms with Crippen LogP contribution < -0.4 is 10.2 Å². The monoisotopic (exact) mass is 789 g/mol. The number of aliphatic hydroxyl groups is 1. The van der Waals surface area contributed by atoms with Gasteiger partial charge >= 0.3 is 0 Å². The molecular weight excluding hydrogens is 707 g/mol. The molecule has 0 aliphatic carbocycles. The first-order valence-electron chi connectivity index (χ1n) is 21.4. The fourth-order valence-corrected chi connectivity index (χ4v) is 6.17. The topological polar surface area (TPSA) is 108 Å². The smallest absolute Gasteiger partial charge is 0.268 e. The number of likely N-dealkylation sites (N-methyl/N-ethyl adjacent to an activating group) is 1. The standard InChI is InChI=1S/C46H81N2O6P/c1-6-8-10-12-14-16-18-20-21-22-23-24-25-26-27-28-30-32-34-36-38-40-46(50)47-44(43-54-55(51,52)53-42-41-48(3,4)5)45(49)39-37-35-33-31-29-19-17-15-13-11-9-7-2/h8,10,14,16,20-21,23-24,26-27,30,32,37,39,44-45,49H,6-7,9,11-13,15,17-19,22,25,28-29,31,33-36,38,40-43H2,1-5H3,(H-,47,50,51,52)/b10-8-,16-14-,21-20-,24-23-,27-26-,32-30-,39-37+. The quantitative estimate of drug-likeness (QED) is 0.0281. The summed E-state index contributed by atoms with van der Waals surface area (Å²) in [5, 5.41) is 13.7. The highest BCUT2D eigenvalue weighted by molar-refractivity contribution is 7.45. The molecular formula is C46H81N2O6P. The van der Waals surface area contributed by atoms with E-state index in [1.807, 2.05) is 27.2 Å². The zero-order valence-corrected chi connectivity index (χ0v) is 36.5. The molecule has 0 fully saturated rings. The van der Waals surface area contributed by atoms with Crippen LogP contribution >= 0.6 is 7.82 Å². The SMILES string of the molecule is CC/C=C\C/C=C\C/C=C\C/C=C\C/C=C\C/C=C\CCCCC(=O)NC(COP(=O)([O-])OCC[N+](C)(C)C)C(O)/C=C/CCCCCCCCCCCC. The highest BCUT2D eigenvalue weighted by Crippen LogP contribution is 2.38. The van der Waals surface area contributed by atoms with Crippen molar-refractivity contribution in [2.45, 2.75) is 161 Å². The van der Waals surface area contributed by atoms with Crippen molar-refractivity contribution in [2.24, 2.45) is 0 Å². The van der Waals surface area contributed by atoms with Crippen molar-refractivity contribution in [1.82, 2.24) is 5.32 Å². The third-order valence-electron chi connectivity index (χ3n) is 8.86. The number of nitrogens with zero attached hydrogens (tertiary/aromatic N) is 1. The van der Waals surface area contributed by atoms with Gasteiger partial charge in [0.1, 0.15) is 13.2 Å². The van der Waals surface area contributed by atoms with E-state index in [0.29, 0.717) is 17.4 Å². The zero-order valence-electron chi connectivity index (χ0n) is 35.6. The third kappa shape index (κ3) is 39.7. The van der Waals surface area contributed by atoms with Gasteiger partial charge < -0.3 is 28.8 Å². The minimum atomic E-state index is -4.60. The number of quaternary nitrogens is 1. The van der Waals surface area contributed by atoms with E-state index in [2.05, 4.69) is 92.1 Å². The van der Waals surface area contributed by atoms with E-state index in [0.717, 1.165) is 70.6 Å². The van der Waals surface area contributed by atoms with E-state index in [4.69, 9.17) is 9.05 Å². The van der Waals surface area contributed by atoms with Gasteiger partial charge in [0.25, 0.3) is 7.82 Å². The molecule has 0 radical (unpaired) electrons. The van der Waals surface area contributed by atoms with Gasteiger partial charge in [-0.3, -0.25) is 9.36 Å². The molecule has 0 bridgehead atoms. The molecule has 55 heavy (non-hydrogen) atoms. The Morgan fingerprint density at radius 2 is 1.11 bits per heavy atom. The minimum absolute atomic E-state index is 0.0145. The molecule has 0 aromatic rings. The summed E-state index contributed by atoms with van der Waals surface area (Å²) in [6.45, 7) is 4.45. The van der Waals surface area contributed by atoms with Gasteiger partial charge in [-0.15, -0.1) is 0 Å². The van der Waals surface area contributed by atoms with Crippen molar-refractivity contribution in [1.29, 1.82) is 0 Å². The number of hydrogen-bond donors (Lipinski definition) is 2. The van der Waals surface area contributed by atoms with Gasteiger partial charge in [-0.05, 0) is 70.6 Å². The van der Waals surface area contributed by atoms with Crippen molar-refractivity contribution in [3.05, 3.63) is 85.1 Å². The van der Waals surface area contributed by atoms with Crippen molar-refractivity contribution in [3.63, 3.8) is 0 Å². The Bertz CT molecular complexity index is 1170. The summed E-state index contributed by atoms with van der Waals surface area (Å²) < 4.78 is 23.1. The maximum absolute atomic E-state index is 12.8. The fourth-order valence-electron chi connectivity index (χ4n) is 5.45. The summed E-state index contributed by atoms with van der Waals surface area (Å²) in [6, 6.07) is -0.913. The summed E-state index contributed by atoms with van der Waals surface area (Å²) in [4.78, 5) is 25.2. The average Bonchev–Trinajstić information content (AvgIpc) is 3.13. The first-order valence-corrected chi connectivity index (χ1v) is 22.9. The fraction of sp³-hybridized carbons (Fsp3) is 0.674. The molecule has 9 heteroatoms. The van der Waals surface area contributed by atoms with E-state index in [1.165, 1.54) is 51.4 Å². The number of nitrogens with one attached hydrogen (secondary N) is 1. The normalized spacial score (nSPS) is 15.3. The van der Waals surface area contributed by atoms with Crippen LogP contribution in [0.3, 0.4) is 0 Å². The molecule has 0 aliphatic heterocycles. The second-order valence-corrected chi connectivity index (χ2v) is 16.7. The van der Waals surface area contributed by atoms with Crippen LogP contribution in [0.1, 0.15) is 149 Å². The van der Waals surface area contributed by atoms with E-state index in [1.54, 1.807) is 6.08 Å². The van der Waals surface area contributed by atoms with Crippen LogP contribution in [0, 0.1) is 0 Å². The average molecular weight is 789 g/mol. The minimum Gasteiger partial charge on any atom is -0.756 e. The highest BCUT2D eigenvalue weighted by atomic mass is 31.2. The Balaban J connectivity index is 4.54. The van der Waals surface area contributed by atoms with Crippen LogP contribution in [0.15, 0.2) is 85.1 Å². The van der Waals surface area contributed by atoms with Crippen molar-refractivity contribution < 1.29 is 32.9 Å². The number of phosphoric ester groups is 1. The van der Waals surface area contributed by atoms with Crippen LogP contribution in [0.25, 0.3) is 0 Å². The molecule has 0 heterocycles. The summed E-state index contributed by atoms with van der Waals surface area (Å²) in [5.41, 5.74) is 0. The largest absolute Gasteiger partial charge is 0.756 e. The first kappa shape index (κ1) is 52.7. The van der Waals surface area contributed by atoms with Crippen LogP contribution in [-0.4, -0.2) is 68.5 Å². The second-order valence-electron chi connectivity index (χ2n) is 15.3. The van der Waals surface area contributed by atoms with Crippen LogP contribution in [0.2, 0.25) is 0 Å². The van der Waals surface area contributed by atoms with Crippen molar-refractivity contribution in [2.75, 3.05) is 40.9 Å². The molecule has 0 saturated heterocycles. The molecule has 0 saturated carbocycles. The molecule has 0 spiro atoms. The van der Waals surface area contributed by atoms with Gasteiger partial charge in [0.2, 0.25) is 5.91 Å². The Morgan fingerprint density at radius 1 is 0.655 bits per heavy atom. The Labute approximate surface area is 337 Å². The van der Waals surface area contributed by atoms with Crippen LogP contribution in [-0.2, 0) is 18.4 Å². The summed E-state index contributed by atoms with van der Waals surface area (Å²) in [7, 11) is 1.21. The van der Waals surface area contributed by atoms with Gasteiger partial charge in [-0.2, -0.15) is 0 Å². The Hall–Kier alpha value is -2.32. The molecule has 3 unspecified atom stereocenters. The van der Waals surface area contributed by atoms with E-state index in [-0.39, 0.29) is 18.9 Å². The van der Waals surface area contributed by atoms with Gasteiger partial charge in [0.15, 0.2) is 0 Å². The highest BCUT2D eigenvalue weighted by Gasteiger charge is 2.23. The second kappa shape index (κ2) is 37.3. The number of rotatable bonds is 37. The molecule has 3 atom stereocenters. The van der Waals surface area contributed by atoms with E-state index < -0.39 is 26.6 Å². The first-order chi connectivity index (χ1) is 26.5. The summed E-state index contributed by atoms with van der Waals surface area (Å²) in [5.74, 6) is -0.245. The summed E-state index contributed by atoms with van der Waals surface area (Å²) in [6.07, 6.45) is 50.6. The van der Waals surface area contributed by atoms with Crippen LogP contribution in [0.4, 0.5) is 0 Å². The zero-order chi connectivity index (χ0) is 40.7. The molecule has 316 valence electrons. The number of unbranched alkanes of at least 4 members (excludes halogenated alkanes) is 12. The lowest BCUT2D eigenvalue weighted by molar-refractivity contribution is -0.870. The van der Waals surface area contributed by atoms with Gasteiger partial charge in [0.05, 0.1) is 39.9 Å². The number of carbonyl (C=O) groups excluding carboxylic acids is 1. The lowest BCUT2D eigenvalue weighted by Gasteiger charge is -2.29. The molecule has 0 aromatic carbocycles. The van der Waals surface area contributed by atoms with E-state index in [9.17, 15) is 19.4 Å². The number of phosphoric acid groups is 1. The maximum Gasteiger partial charge on any atom is 0.268 e. The molecule has 8 nitrogen and oxygen atoms in total. The maximum atomic E-state index is 12.8. The van der Waals surface area contributed by atoms with E-state index >= 15 is 0 Å². The van der Waals surface area contributed by atoms with Gasteiger partial charge in [0, 0.05) is 6.42 Å².